The van der Waals surface area contributed by atoms with E-state index in [1.54, 1.807) is 0 Å². The highest BCUT2D eigenvalue weighted by Gasteiger charge is 2.61. The van der Waals surface area contributed by atoms with E-state index < -0.39 is 54.0 Å². The summed E-state index contributed by atoms with van der Waals surface area (Å²) in [6.45, 7) is -0.318. The van der Waals surface area contributed by atoms with Crippen LogP contribution in [0.1, 0.15) is 18.4 Å². The molecule has 0 amide bonds. The number of nitrogens with one attached hydrogen (secondary N) is 1. The van der Waals surface area contributed by atoms with E-state index >= 15 is 4.39 Å². The molecule has 2 aromatic rings. The second-order valence-electron chi connectivity index (χ2n) is 8.11. The molecular weight excluding hydrogens is 500 g/mol. The van der Waals surface area contributed by atoms with E-state index in [0.29, 0.717) is 5.02 Å². The number of rotatable bonds is 6. The number of fused-ring (bicyclic) bond motifs is 3. The topological polar surface area (TPSA) is 98.8 Å². The van der Waals surface area contributed by atoms with Gasteiger partial charge in [-0.25, -0.2) is 30.3 Å². The van der Waals surface area contributed by atoms with Crippen molar-refractivity contribution in [3.8, 4) is 5.75 Å². The zero-order valence-electron chi connectivity index (χ0n) is 17.6. The van der Waals surface area contributed by atoms with Crippen molar-refractivity contribution in [2.45, 2.75) is 28.6 Å². The van der Waals surface area contributed by atoms with Gasteiger partial charge in [0.05, 0.1) is 29.4 Å². The van der Waals surface area contributed by atoms with Gasteiger partial charge in [0.2, 0.25) is 10.0 Å². The lowest BCUT2D eigenvalue weighted by Crippen LogP contribution is -2.58. The molecule has 2 aliphatic heterocycles. The summed E-state index contributed by atoms with van der Waals surface area (Å²) >= 11 is 5.93. The van der Waals surface area contributed by atoms with Crippen molar-refractivity contribution < 1.29 is 35.1 Å². The van der Waals surface area contributed by atoms with Crippen LogP contribution in [0.4, 0.5) is 8.78 Å². The van der Waals surface area contributed by atoms with Gasteiger partial charge in [0.15, 0.2) is 21.4 Å². The summed E-state index contributed by atoms with van der Waals surface area (Å²) < 4.78 is 92.8. The number of sulfonamides is 1. The van der Waals surface area contributed by atoms with Crippen LogP contribution in [0.5, 0.6) is 5.75 Å². The van der Waals surface area contributed by atoms with Gasteiger partial charge in [-0.15, -0.1) is 0 Å². The molecule has 4 rings (SSSR count). The predicted molar refractivity (Wildman–Crippen MR) is 117 cm³/mol. The molecule has 0 radical (unpaired) electrons. The Morgan fingerprint density at radius 3 is 2.42 bits per heavy atom. The van der Waals surface area contributed by atoms with Gasteiger partial charge in [-0.3, -0.25) is 0 Å². The first-order chi connectivity index (χ1) is 15.5. The summed E-state index contributed by atoms with van der Waals surface area (Å²) in [6, 6.07) is 7.25. The summed E-state index contributed by atoms with van der Waals surface area (Å²) in [5.74, 6) is -3.11. The van der Waals surface area contributed by atoms with Crippen molar-refractivity contribution in [3.05, 3.63) is 58.6 Å². The van der Waals surface area contributed by atoms with Gasteiger partial charge in [0.1, 0.15) is 10.6 Å². The SMILES string of the molecule is CS(=O)(=O)NCC[C@@H]1OCC[C@@]2(S(=O)(=O)c3ccc(Cl)cc3)c3c(F)ccc(F)c3OC[C@@H]12. The number of hydrogen-bond donors (Lipinski definition) is 1. The van der Waals surface area contributed by atoms with Gasteiger partial charge < -0.3 is 9.47 Å². The smallest absolute Gasteiger partial charge is 0.208 e. The Morgan fingerprint density at radius 1 is 1.09 bits per heavy atom. The maximum atomic E-state index is 15.2. The van der Waals surface area contributed by atoms with E-state index in [1.165, 1.54) is 24.3 Å². The largest absolute Gasteiger partial charge is 0.490 e. The average Bonchev–Trinajstić information content (AvgIpc) is 2.75. The van der Waals surface area contributed by atoms with Crippen LogP contribution < -0.4 is 9.46 Å². The summed E-state index contributed by atoms with van der Waals surface area (Å²) in [6.07, 6.45) is 0.203. The highest BCUT2D eigenvalue weighted by Crippen LogP contribution is 2.55. The molecule has 1 N–H and O–H groups in total. The van der Waals surface area contributed by atoms with Gasteiger partial charge >= 0.3 is 0 Å². The van der Waals surface area contributed by atoms with Gasteiger partial charge in [-0.05, 0) is 49.2 Å². The van der Waals surface area contributed by atoms with Crippen LogP contribution in [-0.2, 0) is 29.3 Å². The summed E-state index contributed by atoms with van der Waals surface area (Å²) in [4.78, 5) is -0.0941. The fraction of sp³-hybridized carbons (Fsp3) is 0.429. The van der Waals surface area contributed by atoms with Crippen LogP contribution in [0.2, 0.25) is 5.02 Å². The zero-order valence-corrected chi connectivity index (χ0v) is 19.9. The molecule has 1 saturated heterocycles. The molecule has 1 fully saturated rings. The number of halogens is 3. The molecule has 0 spiro atoms. The van der Waals surface area contributed by atoms with Crippen molar-refractivity contribution in [2.75, 3.05) is 26.0 Å². The van der Waals surface area contributed by atoms with E-state index in [9.17, 15) is 21.2 Å². The minimum Gasteiger partial charge on any atom is -0.490 e. The minimum atomic E-state index is -4.30. The highest BCUT2D eigenvalue weighted by atomic mass is 35.5. The third kappa shape index (κ3) is 4.25. The van der Waals surface area contributed by atoms with Crippen LogP contribution in [0.3, 0.4) is 0 Å². The Labute approximate surface area is 196 Å². The summed E-state index contributed by atoms with van der Waals surface area (Å²) in [7, 11) is -7.79. The van der Waals surface area contributed by atoms with E-state index in [1.807, 2.05) is 0 Å². The number of hydrogen-bond acceptors (Lipinski definition) is 6. The number of benzene rings is 2. The van der Waals surface area contributed by atoms with E-state index in [0.717, 1.165) is 18.4 Å². The van der Waals surface area contributed by atoms with Crippen molar-refractivity contribution in [1.82, 2.24) is 4.72 Å². The van der Waals surface area contributed by atoms with Gasteiger partial charge in [-0.2, -0.15) is 0 Å². The second-order valence-corrected chi connectivity index (χ2v) is 12.6. The molecule has 2 aliphatic rings. The van der Waals surface area contributed by atoms with Crippen LogP contribution in [-0.4, -0.2) is 49.0 Å². The van der Waals surface area contributed by atoms with Crippen LogP contribution in [0.15, 0.2) is 41.3 Å². The predicted octanol–water partition coefficient (Wildman–Crippen LogP) is 3.02. The van der Waals surface area contributed by atoms with Gasteiger partial charge in [0.25, 0.3) is 0 Å². The highest BCUT2D eigenvalue weighted by molar-refractivity contribution is 7.92. The van der Waals surface area contributed by atoms with E-state index in [2.05, 4.69) is 4.72 Å². The normalized spacial score (nSPS) is 25.1. The molecular formula is C21H22ClF2NO6S2. The Kier molecular flexibility index (Phi) is 6.47. The zero-order chi connectivity index (χ0) is 24.0. The van der Waals surface area contributed by atoms with Crippen LogP contribution in [0, 0.1) is 17.6 Å². The van der Waals surface area contributed by atoms with E-state index in [4.69, 9.17) is 21.1 Å². The van der Waals surface area contributed by atoms with Gasteiger partial charge in [0, 0.05) is 24.1 Å². The molecule has 12 heteroatoms. The lowest BCUT2D eigenvalue weighted by atomic mass is 9.75. The molecule has 180 valence electrons. The third-order valence-electron chi connectivity index (χ3n) is 6.14. The molecule has 0 saturated carbocycles. The molecule has 0 bridgehead atoms. The first kappa shape index (κ1) is 24.3. The Hall–Kier alpha value is -1.79. The third-order valence-corrected chi connectivity index (χ3v) is 9.68. The summed E-state index contributed by atoms with van der Waals surface area (Å²) in [5, 5.41) is 0.323. The standard InChI is InChI=1S/C21H22ClF2NO6S2/c1-32(26,27)25-10-8-18-15-12-31-20-17(24)7-6-16(23)19(20)21(15,9-11-30-18)33(28,29)14-4-2-13(22)3-5-14/h2-7,15,18,25H,8-12H2,1H3/t15-,18-,21-/m0/s1. The fourth-order valence-electron chi connectivity index (χ4n) is 4.72. The number of sulfone groups is 1. The average molecular weight is 522 g/mol. The lowest BCUT2D eigenvalue weighted by molar-refractivity contribution is -0.0749. The lowest BCUT2D eigenvalue weighted by Gasteiger charge is -2.50. The fourth-order valence-corrected chi connectivity index (χ4v) is 7.68. The van der Waals surface area contributed by atoms with E-state index in [-0.39, 0.29) is 43.1 Å². The molecule has 0 unspecified atom stereocenters. The molecule has 7 nitrogen and oxygen atoms in total. The Balaban J connectivity index is 1.88. The molecule has 3 atom stereocenters. The second kappa shape index (κ2) is 8.77. The van der Waals surface area contributed by atoms with Gasteiger partial charge in [-0.1, -0.05) is 11.6 Å². The maximum absolute atomic E-state index is 15.2. The van der Waals surface area contributed by atoms with Crippen molar-refractivity contribution in [2.24, 2.45) is 5.92 Å². The van der Waals surface area contributed by atoms with Crippen LogP contribution >= 0.6 is 11.6 Å². The number of ether oxygens (including phenoxy) is 2. The summed E-state index contributed by atoms with van der Waals surface area (Å²) in [5.41, 5.74) is -0.363. The molecule has 2 heterocycles. The monoisotopic (exact) mass is 521 g/mol. The first-order valence-electron chi connectivity index (χ1n) is 10.1. The molecule has 0 aliphatic carbocycles. The van der Waals surface area contributed by atoms with Crippen molar-refractivity contribution in [1.29, 1.82) is 0 Å². The quantitative estimate of drug-likeness (QED) is 0.627. The van der Waals surface area contributed by atoms with Crippen molar-refractivity contribution >= 4 is 31.5 Å². The van der Waals surface area contributed by atoms with Crippen LogP contribution in [0.25, 0.3) is 0 Å². The maximum Gasteiger partial charge on any atom is 0.208 e. The Morgan fingerprint density at radius 2 is 1.76 bits per heavy atom. The molecule has 2 aromatic carbocycles. The van der Waals surface area contributed by atoms with Crippen molar-refractivity contribution in [3.63, 3.8) is 0 Å². The minimum absolute atomic E-state index is 0.0183. The Bertz CT molecular complexity index is 1270. The molecule has 33 heavy (non-hydrogen) atoms. The first-order valence-corrected chi connectivity index (χ1v) is 13.9. The molecule has 0 aromatic heterocycles.